The van der Waals surface area contributed by atoms with Gasteiger partial charge in [0.25, 0.3) is 23.3 Å². The molecule has 0 aromatic carbocycles. The summed E-state index contributed by atoms with van der Waals surface area (Å²) < 4.78 is 87.6. The zero-order valence-corrected chi connectivity index (χ0v) is 66.5. The van der Waals surface area contributed by atoms with Crippen molar-refractivity contribution in [3.05, 3.63) is 154 Å². The minimum absolute atomic E-state index is 0.0338. The highest BCUT2D eigenvalue weighted by Gasteiger charge is 2.47. The molecule has 16 heterocycles. The fraction of sp³-hybridized carbons (Fsp3) is 0.425. The number of nitrogens with one attached hydrogen (secondary N) is 7. The number of anilines is 12. The Morgan fingerprint density at radius 3 is 1.39 bits per heavy atom. The SMILES string of the molecule is Cc1ccnc(NC(=O)N2c3nc(C(=O)NC4CC4)ccc3N3CC[C@H]2C3)c1.Cc1nc(NC(=O)N2c3nc(C(=O)C[C@H](C)C(F)(F)F)ccc3N3CC[C@H]2C3)co1.Cn1cccc(NC(=O)N2c3nc(C(=O)NCC(F)(F)F)ccc3N3CC[C@H]2C3)c1=O.O=C(NC1CC1)c1ccc2c(n1)N(C(=O)Nc1cc(OC[C@H](O)CO)ccn1)[C@H]1CCN2C1. The van der Waals surface area contributed by atoms with Crippen LogP contribution < -0.4 is 86.7 Å². The number of aromatic nitrogens is 8. The van der Waals surface area contributed by atoms with Crippen LogP contribution in [0.5, 0.6) is 5.75 Å². The molecular weight excluding hydrogens is 1610 g/mol. The number of aryl methyl sites for hydroxylation is 3. The van der Waals surface area contributed by atoms with Gasteiger partial charge in [-0.25, -0.2) is 49.1 Å². The molecule has 0 unspecified atom stereocenters. The number of aliphatic hydroxyl groups excluding tert-OH is 2. The standard InChI is InChI=1S/C22H26N6O5.C20H22N6O2.C19H19F3N6O3.C19H20F3N5O3/c29-11-15(30)12-33-16-5-7-23-19(9-16)26-22(32)28-14-6-8-27(10-14)18-4-3-17(25-20(18)28)21(31)24-13-1-2-13;1-12-6-8-21-17(10-12)24-20(28)26-14-7-9-25(11-14)16-5-4-15(23-18(16)26)19(27)22-13-2-3-13;1-26-7-2-3-13(17(26)30)25-18(31)28-11-6-8-27(9-11)14-5-4-12(24-15(14)28)16(29)23-10-19(20,21)22;1-10(19(20,21)22)7-15(28)13-3-4-14-17(24-13)27(12-5-6-26(14)8-12)18(29)25-16-9-30-11(2)23-16/h3-5,7,9,13-15,29-30H,1-2,6,8,10-12H2,(H,24,31)(H,23,26,32);4-6,8,10,13-14H,2-3,7,9,11H2,1H3,(H,22,27)(H,21,24,28);2-5,7,11H,6,8-10H2,1H3,(H,23,29)(H,25,31);3-4,9-10,12H,5-8H2,1-2H3,(H,25,29)/t14-,15+;14-;11-;10-,12-/m0000/s1. The Balaban J connectivity index is 0.000000127. The van der Waals surface area contributed by atoms with Crippen molar-refractivity contribution in [2.24, 2.45) is 13.0 Å². The maximum atomic E-state index is 13.3. The van der Waals surface area contributed by atoms with Gasteiger partial charge in [-0.2, -0.15) is 31.3 Å². The van der Waals surface area contributed by atoms with Gasteiger partial charge in [0.05, 0.1) is 59.4 Å². The first-order valence-electron chi connectivity index (χ1n) is 39.8. The molecule has 36 nitrogen and oxygen atoms in total. The Hall–Kier alpha value is -13.3. The summed E-state index contributed by atoms with van der Waals surface area (Å²) in [4.78, 5) is 159. The van der Waals surface area contributed by atoms with Crippen molar-refractivity contribution in [1.82, 2.24) is 55.4 Å². The van der Waals surface area contributed by atoms with Crippen molar-refractivity contribution in [3.8, 4) is 5.75 Å². The number of ketones is 1. The van der Waals surface area contributed by atoms with Crippen LogP contribution in [0.3, 0.4) is 0 Å². The molecule has 18 rings (SSSR count). The van der Waals surface area contributed by atoms with Gasteiger partial charge in [0.15, 0.2) is 40.8 Å². The molecule has 0 spiro atoms. The molecule has 8 aliphatic heterocycles. The van der Waals surface area contributed by atoms with Crippen molar-refractivity contribution < 1.29 is 84.1 Å². The molecule has 8 bridgehead atoms. The molecular formula is C80H87F6N23O13. The number of fused-ring (bicyclic) bond motifs is 16. The molecule has 2 aliphatic carbocycles. The van der Waals surface area contributed by atoms with Gasteiger partial charge in [-0.15, -0.1) is 0 Å². The Morgan fingerprint density at radius 1 is 0.541 bits per heavy atom. The van der Waals surface area contributed by atoms with Gasteiger partial charge in [0.1, 0.15) is 71.4 Å². The predicted octanol–water partition coefficient (Wildman–Crippen LogP) is 8.52. The summed E-state index contributed by atoms with van der Waals surface area (Å²) in [6.07, 6.45) is 2.32. The van der Waals surface area contributed by atoms with Crippen molar-refractivity contribution in [3.63, 3.8) is 0 Å². The van der Waals surface area contributed by atoms with E-state index in [0.717, 1.165) is 82.0 Å². The maximum absolute atomic E-state index is 13.3. The molecule has 6 atom stereocenters. The van der Waals surface area contributed by atoms with Gasteiger partial charge in [0.2, 0.25) is 0 Å². The number of aliphatic hydroxyl groups is 2. The lowest BCUT2D eigenvalue weighted by Crippen LogP contribution is -2.49. The number of pyridine rings is 7. The number of ether oxygens (including phenoxy) is 1. The summed E-state index contributed by atoms with van der Waals surface area (Å²) in [5, 5.41) is 37.0. The van der Waals surface area contributed by atoms with E-state index in [1.165, 1.54) is 45.0 Å². The molecule has 8 aromatic rings. The van der Waals surface area contributed by atoms with Crippen molar-refractivity contribution >= 4 is 117 Å². The summed E-state index contributed by atoms with van der Waals surface area (Å²) in [6.45, 7) is 8.27. The summed E-state index contributed by atoms with van der Waals surface area (Å²) in [5.74, 6) is -0.663. The molecule has 642 valence electrons. The number of hydrogen-bond donors (Lipinski definition) is 9. The first-order chi connectivity index (χ1) is 58.4. The molecule has 6 fully saturated rings. The predicted molar refractivity (Wildman–Crippen MR) is 434 cm³/mol. The second-order valence-electron chi connectivity index (χ2n) is 31.1. The summed E-state index contributed by atoms with van der Waals surface area (Å²) in [5.41, 5.74) is 3.98. The molecule has 4 saturated heterocycles. The largest absolute Gasteiger partial charge is 0.491 e. The number of nitrogens with zero attached hydrogens (tertiary/aromatic N) is 16. The van der Waals surface area contributed by atoms with Crippen LogP contribution in [-0.4, -0.2) is 224 Å². The van der Waals surface area contributed by atoms with E-state index in [4.69, 9.17) is 14.3 Å². The van der Waals surface area contributed by atoms with E-state index >= 15 is 0 Å². The van der Waals surface area contributed by atoms with E-state index in [0.29, 0.717) is 91.7 Å². The van der Waals surface area contributed by atoms with Gasteiger partial charge >= 0.3 is 36.5 Å². The second kappa shape index (κ2) is 34.8. The van der Waals surface area contributed by atoms with E-state index in [1.807, 2.05) is 41.0 Å². The normalized spacial score (nSPS) is 19.0. The quantitative estimate of drug-likeness (QED) is 0.0304. The number of hydrogen-bond acceptors (Lipinski definition) is 24. The summed E-state index contributed by atoms with van der Waals surface area (Å²) in [6, 6.07) is 21.4. The number of rotatable bonds is 17. The topological polar surface area (TPSA) is 422 Å². The monoisotopic (exact) mass is 1690 g/mol. The van der Waals surface area contributed by atoms with Crippen molar-refractivity contribution in [1.29, 1.82) is 0 Å². The number of urea groups is 4. The smallest absolute Gasteiger partial charge is 0.405 e. The van der Waals surface area contributed by atoms with Crippen LogP contribution in [-0.2, 0) is 7.05 Å². The number of alkyl halides is 6. The molecule has 8 aromatic heterocycles. The first kappa shape index (κ1) is 83.8. The lowest BCUT2D eigenvalue weighted by Gasteiger charge is -2.35. The van der Waals surface area contributed by atoms with Crippen LogP contribution in [0.1, 0.15) is 118 Å². The average molecular weight is 1690 g/mol. The van der Waals surface area contributed by atoms with E-state index in [-0.39, 0.29) is 107 Å². The fourth-order valence-corrected chi connectivity index (χ4v) is 15.4. The highest BCUT2D eigenvalue weighted by Crippen LogP contribution is 2.44. The van der Waals surface area contributed by atoms with Crippen molar-refractivity contribution in [2.75, 3.05) is 133 Å². The molecule has 0 radical (unpaired) electrons. The van der Waals surface area contributed by atoms with Gasteiger partial charge < -0.3 is 64.8 Å². The fourth-order valence-electron chi connectivity index (χ4n) is 15.4. The summed E-state index contributed by atoms with van der Waals surface area (Å²) in [7, 11) is 1.55. The maximum Gasteiger partial charge on any atom is 0.405 e. The molecule has 11 amide bonds. The Bertz CT molecular complexity index is 5420. The second-order valence-corrected chi connectivity index (χ2v) is 31.1. The summed E-state index contributed by atoms with van der Waals surface area (Å²) >= 11 is 0. The highest BCUT2D eigenvalue weighted by molar-refractivity contribution is 6.09. The van der Waals surface area contributed by atoms with Crippen LogP contribution in [0.25, 0.3) is 0 Å². The third kappa shape index (κ3) is 19.0. The zero-order chi connectivity index (χ0) is 86.2. The average Bonchev–Trinajstić information content (AvgIpc) is 1.58. The van der Waals surface area contributed by atoms with E-state index < -0.39 is 79.3 Å². The minimum Gasteiger partial charge on any atom is -0.491 e. The Labute approximate surface area is 692 Å². The van der Waals surface area contributed by atoms with Gasteiger partial charge in [-0.3, -0.25) is 59.5 Å². The number of carbonyl (C=O) groups excluding carboxylic acids is 8. The number of halogens is 6. The minimum atomic E-state index is -4.55. The van der Waals surface area contributed by atoms with Crippen LogP contribution in [0, 0.1) is 19.8 Å². The zero-order valence-electron chi connectivity index (χ0n) is 66.5. The number of amides is 11. The third-order valence-electron chi connectivity index (χ3n) is 22.0. The number of Topliss-reactive ketones (excluding diaryl/α,β-unsaturated/α-hetero) is 1. The molecule has 9 N–H and O–H groups in total. The van der Waals surface area contributed by atoms with Crippen LogP contribution in [0.4, 0.5) is 115 Å². The molecule has 122 heavy (non-hydrogen) atoms. The van der Waals surface area contributed by atoms with E-state index in [9.17, 15) is 74.6 Å². The number of carbonyl (C=O) groups is 8. The van der Waals surface area contributed by atoms with Crippen LogP contribution in [0.15, 0.2) is 119 Å². The van der Waals surface area contributed by atoms with Gasteiger partial charge in [-0.05, 0) is 143 Å². The lowest BCUT2D eigenvalue weighted by molar-refractivity contribution is -0.168. The lowest BCUT2D eigenvalue weighted by atomic mass is 10.0. The van der Waals surface area contributed by atoms with Gasteiger partial charge in [-0.1, -0.05) is 6.92 Å². The number of oxazole rings is 1. The van der Waals surface area contributed by atoms with E-state index in [1.54, 1.807) is 83.9 Å². The Morgan fingerprint density at radius 2 is 0.967 bits per heavy atom. The van der Waals surface area contributed by atoms with Crippen LogP contribution >= 0.6 is 0 Å². The van der Waals surface area contributed by atoms with Gasteiger partial charge in [0, 0.05) is 109 Å². The first-order valence-corrected chi connectivity index (χ1v) is 39.8. The van der Waals surface area contributed by atoms with E-state index in [2.05, 4.69) is 76.6 Å². The molecule has 10 aliphatic rings. The van der Waals surface area contributed by atoms with Crippen LogP contribution in [0.2, 0.25) is 0 Å². The van der Waals surface area contributed by atoms with Crippen molar-refractivity contribution in [2.45, 2.75) is 133 Å². The highest BCUT2D eigenvalue weighted by atomic mass is 19.4. The molecule has 42 heteroatoms. The Kier molecular flexibility index (Phi) is 23.9. The third-order valence-corrected chi connectivity index (χ3v) is 22.0. The molecule has 2 saturated carbocycles.